The van der Waals surface area contributed by atoms with Gasteiger partial charge < -0.3 is 0 Å². The van der Waals surface area contributed by atoms with Crippen LogP contribution in [0.5, 0.6) is 0 Å². The summed E-state index contributed by atoms with van der Waals surface area (Å²) in [5.41, 5.74) is 0.856. The molecule has 1 aliphatic rings. The van der Waals surface area contributed by atoms with E-state index in [9.17, 15) is 13.2 Å². The lowest BCUT2D eigenvalue weighted by molar-refractivity contribution is 0.281. The molecule has 0 amide bonds. The van der Waals surface area contributed by atoms with Gasteiger partial charge in [0.05, 0.1) is 10.6 Å². The van der Waals surface area contributed by atoms with Crippen molar-refractivity contribution in [3.63, 3.8) is 0 Å². The van der Waals surface area contributed by atoms with Crippen molar-refractivity contribution in [1.82, 2.24) is 14.5 Å². The molecule has 1 fully saturated rings. The van der Waals surface area contributed by atoms with Crippen LogP contribution in [0, 0.1) is 5.92 Å². The Labute approximate surface area is 149 Å². The third kappa shape index (κ3) is 3.45. The summed E-state index contributed by atoms with van der Waals surface area (Å²) in [5, 5.41) is 6.33. The lowest BCUT2D eigenvalue weighted by Gasteiger charge is -2.30. The van der Waals surface area contributed by atoms with Gasteiger partial charge in [0.2, 0.25) is 10.0 Å². The van der Waals surface area contributed by atoms with Crippen LogP contribution < -0.4 is 5.56 Å². The van der Waals surface area contributed by atoms with Crippen molar-refractivity contribution in [3.8, 4) is 11.3 Å². The normalized spacial score (nSPS) is 19.3. The Morgan fingerprint density at radius 3 is 2.75 bits per heavy atom. The van der Waals surface area contributed by atoms with Crippen LogP contribution in [0.3, 0.4) is 0 Å². The van der Waals surface area contributed by atoms with Crippen LogP contribution in [0.4, 0.5) is 0 Å². The van der Waals surface area contributed by atoms with E-state index < -0.39 is 10.0 Å². The number of aromatic nitrogens is 2. The quantitative estimate of drug-likeness (QED) is 0.840. The van der Waals surface area contributed by atoms with Crippen molar-refractivity contribution >= 4 is 26.0 Å². The first-order chi connectivity index (χ1) is 11.4. The number of sulfonamides is 1. The zero-order chi connectivity index (χ0) is 17.3. The monoisotopic (exact) mass is 411 g/mol. The molecule has 0 radical (unpaired) electrons. The average molecular weight is 412 g/mol. The number of nitrogens with zero attached hydrogens (tertiary/aromatic N) is 2. The van der Waals surface area contributed by atoms with E-state index in [0.29, 0.717) is 34.7 Å². The molecule has 1 aromatic heterocycles. The first-order valence-corrected chi connectivity index (χ1v) is 9.97. The maximum Gasteiger partial charge on any atom is 0.264 e. The molecule has 0 bridgehead atoms. The first-order valence-electron chi connectivity index (χ1n) is 7.74. The van der Waals surface area contributed by atoms with Crippen LogP contribution >= 0.6 is 15.9 Å². The molecule has 0 aliphatic carbocycles. The zero-order valence-electron chi connectivity index (χ0n) is 13.2. The van der Waals surface area contributed by atoms with Gasteiger partial charge in [-0.15, -0.1) is 0 Å². The van der Waals surface area contributed by atoms with E-state index in [2.05, 4.69) is 33.1 Å². The minimum Gasteiger partial charge on any atom is -0.268 e. The van der Waals surface area contributed by atoms with Crippen LogP contribution in [0.1, 0.15) is 19.8 Å². The van der Waals surface area contributed by atoms with Gasteiger partial charge >= 0.3 is 0 Å². The smallest absolute Gasteiger partial charge is 0.264 e. The number of hydrogen-bond donors (Lipinski definition) is 1. The fourth-order valence-electron chi connectivity index (χ4n) is 2.87. The average Bonchev–Trinajstić information content (AvgIpc) is 2.56. The summed E-state index contributed by atoms with van der Waals surface area (Å²) in [6.07, 6.45) is 1.92. The lowest BCUT2D eigenvalue weighted by atomic mass is 10.0. The van der Waals surface area contributed by atoms with Crippen LogP contribution in [-0.4, -0.2) is 36.0 Å². The number of rotatable bonds is 3. The fourth-order valence-corrected chi connectivity index (χ4v) is 5.42. The molecule has 1 N–H and O–H groups in total. The molecule has 3 rings (SSSR count). The Kier molecular flexibility index (Phi) is 4.89. The van der Waals surface area contributed by atoms with Crippen molar-refractivity contribution in [1.29, 1.82) is 0 Å². The molecule has 24 heavy (non-hydrogen) atoms. The van der Waals surface area contributed by atoms with Gasteiger partial charge in [0, 0.05) is 29.2 Å². The van der Waals surface area contributed by atoms with E-state index in [1.807, 2.05) is 0 Å². The van der Waals surface area contributed by atoms with E-state index in [0.717, 1.165) is 12.8 Å². The van der Waals surface area contributed by atoms with Gasteiger partial charge in [-0.25, -0.2) is 13.5 Å². The largest absolute Gasteiger partial charge is 0.268 e. The fraction of sp³-hybridized carbons (Fsp3) is 0.375. The Bertz CT molecular complexity index is 891. The Morgan fingerprint density at radius 2 is 2.08 bits per heavy atom. The van der Waals surface area contributed by atoms with Crippen LogP contribution in [0.15, 0.2) is 44.5 Å². The second-order valence-corrected chi connectivity index (χ2v) is 8.82. The SMILES string of the molecule is C[C@@H]1CCCN(S(=O)(=O)c2cc(-c3ccc(=O)[nH]n3)ccc2Br)C1. The van der Waals surface area contributed by atoms with Gasteiger partial charge in [0.25, 0.3) is 5.56 Å². The highest BCUT2D eigenvalue weighted by molar-refractivity contribution is 9.10. The Hall–Kier alpha value is -1.51. The number of halogens is 1. The summed E-state index contributed by atoms with van der Waals surface area (Å²) in [7, 11) is -3.58. The summed E-state index contributed by atoms with van der Waals surface area (Å²) < 4.78 is 28.1. The number of hydrogen-bond acceptors (Lipinski definition) is 4. The van der Waals surface area contributed by atoms with Crippen LogP contribution in [0.2, 0.25) is 0 Å². The molecule has 1 atom stereocenters. The van der Waals surface area contributed by atoms with E-state index >= 15 is 0 Å². The van der Waals surface area contributed by atoms with Gasteiger partial charge in [0.1, 0.15) is 0 Å². The Morgan fingerprint density at radius 1 is 1.29 bits per heavy atom. The third-order valence-corrected chi connectivity index (χ3v) is 7.00. The molecular weight excluding hydrogens is 394 g/mol. The minimum absolute atomic E-state index is 0.224. The molecule has 1 aliphatic heterocycles. The molecule has 2 heterocycles. The molecule has 0 unspecified atom stereocenters. The summed E-state index contributed by atoms with van der Waals surface area (Å²) in [6, 6.07) is 8.00. The van der Waals surface area contributed by atoms with E-state index in [-0.39, 0.29) is 10.5 Å². The van der Waals surface area contributed by atoms with Crippen molar-refractivity contribution in [2.24, 2.45) is 5.92 Å². The molecule has 0 saturated carbocycles. The van der Waals surface area contributed by atoms with Crippen molar-refractivity contribution < 1.29 is 8.42 Å². The van der Waals surface area contributed by atoms with Gasteiger partial charge in [-0.2, -0.15) is 9.40 Å². The van der Waals surface area contributed by atoms with Gasteiger partial charge in [0.15, 0.2) is 0 Å². The summed E-state index contributed by atoms with van der Waals surface area (Å²) in [6.45, 7) is 3.15. The number of nitrogens with one attached hydrogen (secondary N) is 1. The molecule has 6 nitrogen and oxygen atoms in total. The summed E-state index contributed by atoms with van der Waals surface area (Å²) in [4.78, 5) is 11.4. The number of piperidine rings is 1. The van der Waals surface area contributed by atoms with Crippen LogP contribution in [-0.2, 0) is 10.0 Å². The predicted octanol–water partition coefficient (Wildman–Crippen LogP) is 2.62. The summed E-state index contributed by atoms with van der Waals surface area (Å²) >= 11 is 3.35. The number of aromatic amines is 1. The number of H-pyrrole nitrogens is 1. The molecule has 1 saturated heterocycles. The highest BCUT2D eigenvalue weighted by Gasteiger charge is 2.30. The highest BCUT2D eigenvalue weighted by atomic mass is 79.9. The van der Waals surface area contributed by atoms with Gasteiger partial charge in [-0.05, 0) is 52.9 Å². The van der Waals surface area contributed by atoms with E-state index in [1.54, 1.807) is 28.6 Å². The molecule has 128 valence electrons. The Balaban J connectivity index is 2.02. The van der Waals surface area contributed by atoms with E-state index in [4.69, 9.17) is 0 Å². The van der Waals surface area contributed by atoms with E-state index in [1.165, 1.54) is 6.07 Å². The highest BCUT2D eigenvalue weighted by Crippen LogP contribution is 2.31. The van der Waals surface area contributed by atoms with Crippen molar-refractivity contribution in [2.45, 2.75) is 24.7 Å². The van der Waals surface area contributed by atoms with Gasteiger partial charge in [-0.1, -0.05) is 13.0 Å². The van der Waals surface area contributed by atoms with Crippen molar-refractivity contribution in [2.75, 3.05) is 13.1 Å². The number of benzene rings is 1. The molecule has 0 spiro atoms. The standard InChI is InChI=1S/C16H18BrN3O3S/c1-11-3-2-8-20(10-11)24(22,23)15-9-12(4-5-13(15)17)14-6-7-16(21)19-18-14/h4-7,9,11H,2-3,8,10H2,1H3,(H,19,21)/t11-/m1/s1. The minimum atomic E-state index is -3.58. The maximum atomic E-state index is 13.0. The molecule has 2 aromatic rings. The molecular formula is C16H18BrN3O3S. The molecule has 1 aromatic carbocycles. The first kappa shape index (κ1) is 17.3. The van der Waals surface area contributed by atoms with Gasteiger partial charge in [-0.3, -0.25) is 4.79 Å². The topological polar surface area (TPSA) is 83.1 Å². The second-order valence-electron chi connectivity index (χ2n) is 6.06. The summed E-state index contributed by atoms with van der Waals surface area (Å²) in [5.74, 6) is 0.358. The lowest BCUT2D eigenvalue weighted by Crippen LogP contribution is -2.39. The van der Waals surface area contributed by atoms with Crippen molar-refractivity contribution in [3.05, 3.63) is 45.2 Å². The third-order valence-electron chi connectivity index (χ3n) is 4.14. The maximum absolute atomic E-state index is 13.0. The molecule has 8 heteroatoms. The second kappa shape index (κ2) is 6.78. The zero-order valence-corrected chi connectivity index (χ0v) is 15.6. The van der Waals surface area contributed by atoms with Crippen LogP contribution in [0.25, 0.3) is 11.3 Å². The predicted molar refractivity (Wildman–Crippen MR) is 95.2 cm³/mol.